The molecule has 0 amide bonds. The van der Waals surface area contributed by atoms with E-state index in [4.69, 9.17) is 0 Å². The second kappa shape index (κ2) is 6.70. The molecule has 0 radical (unpaired) electrons. The van der Waals surface area contributed by atoms with Crippen LogP contribution in [0.15, 0.2) is 24.3 Å². The zero-order valence-corrected chi connectivity index (χ0v) is 13.0. The Kier molecular flexibility index (Phi) is 5.19. The lowest BCUT2D eigenvalue weighted by atomic mass is 9.87. The Morgan fingerprint density at radius 2 is 1.95 bits per heavy atom. The molecule has 0 bridgehead atoms. The van der Waals surface area contributed by atoms with E-state index >= 15 is 0 Å². The Hall–Kier alpha value is -0.900. The fourth-order valence-corrected chi connectivity index (χ4v) is 2.72. The minimum absolute atomic E-state index is 0.207. The Labute approximate surface area is 123 Å². The molecule has 0 saturated carbocycles. The average Bonchev–Trinajstić information content (AvgIpc) is 2.63. The highest BCUT2D eigenvalue weighted by atomic mass is 16.3. The summed E-state index contributed by atoms with van der Waals surface area (Å²) in [6.07, 6.45) is 1.15. The largest absolute Gasteiger partial charge is 0.395 e. The Bertz CT molecular complexity index is 408. The lowest BCUT2D eigenvalue weighted by Crippen LogP contribution is -2.41. The molecule has 1 aromatic rings. The van der Waals surface area contributed by atoms with Crippen molar-refractivity contribution in [1.82, 2.24) is 10.2 Å². The molecule has 1 fully saturated rings. The first-order chi connectivity index (χ1) is 9.50. The molecule has 1 aliphatic heterocycles. The SMILES string of the molecule is CC(C)(C)c1ccc(CN2CCCNCC2CO)cc1. The lowest BCUT2D eigenvalue weighted by Gasteiger charge is -2.28. The van der Waals surface area contributed by atoms with Crippen LogP contribution in [-0.2, 0) is 12.0 Å². The van der Waals surface area contributed by atoms with Gasteiger partial charge < -0.3 is 10.4 Å². The van der Waals surface area contributed by atoms with Crippen LogP contribution in [0.1, 0.15) is 38.3 Å². The number of hydrogen-bond acceptors (Lipinski definition) is 3. The maximum atomic E-state index is 9.53. The highest BCUT2D eigenvalue weighted by Crippen LogP contribution is 2.22. The average molecular weight is 276 g/mol. The van der Waals surface area contributed by atoms with Crippen LogP contribution in [0.2, 0.25) is 0 Å². The molecule has 1 aromatic carbocycles. The molecule has 2 rings (SSSR count). The van der Waals surface area contributed by atoms with Gasteiger partial charge in [-0.15, -0.1) is 0 Å². The van der Waals surface area contributed by atoms with Crippen molar-refractivity contribution < 1.29 is 5.11 Å². The van der Waals surface area contributed by atoms with Crippen molar-refractivity contribution in [1.29, 1.82) is 0 Å². The van der Waals surface area contributed by atoms with Gasteiger partial charge in [-0.25, -0.2) is 0 Å². The first-order valence-electron chi connectivity index (χ1n) is 7.66. The van der Waals surface area contributed by atoms with E-state index in [0.29, 0.717) is 0 Å². The first kappa shape index (κ1) is 15.5. The van der Waals surface area contributed by atoms with Gasteiger partial charge in [0, 0.05) is 25.7 Å². The van der Waals surface area contributed by atoms with Crippen LogP contribution in [0.4, 0.5) is 0 Å². The molecule has 0 spiro atoms. The molecule has 1 aliphatic rings. The van der Waals surface area contributed by atoms with Crippen LogP contribution in [0.25, 0.3) is 0 Å². The number of nitrogens with zero attached hydrogens (tertiary/aromatic N) is 1. The highest BCUT2D eigenvalue weighted by molar-refractivity contribution is 5.27. The van der Waals surface area contributed by atoms with Crippen LogP contribution in [0, 0.1) is 0 Å². The third kappa shape index (κ3) is 4.05. The summed E-state index contributed by atoms with van der Waals surface area (Å²) < 4.78 is 0. The molecule has 2 N–H and O–H groups in total. The summed E-state index contributed by atoms with van der Waals surface area (Å²) in [6.45, 7) is 10.9. The second-order valence-corrected chi connectivity index (χ2v) is 6.81. The van der Waals surface area contributed by atoms with Gasteiger partial charge in [0.05, 0.1) is 6.61 Å². The van der Waals surface area contributed by atoms with E-state index in [0.717, 1.165) is 32.6 Å². The van der Waals surface area contributed by atoms with E-state index in [-0.39, 0.29) is 18.1 Å². The predicted octanol–water partition coefficient (Wildman–Crippen LogP) is 2.14. The van der Waals surface area contributed by atoms with E-state index in [1.54, 1.807) is 0 Å². The summed E-state index contributed by atoms with van der Waals surface area (Å²) in [4.78, 5) is 2.39. The number of aliphatic hydroxyl groups excluding tert-OH is 1. The van der Waals surface area contributed by atoms with Gasteiger partial charge in [-0.1, -0.05) is 45.0 Å². The van der Waals surface area contributed by atoms with Gasteiger partial charge >= 0.3 is 0 Å². The molecule has 1 saturated heterocycles. The topological polar surface area (TPSA) is 35.5 Å². The number of aliphatic hydroxyl groups is 1. The fourth-order valence-electron chi connectivity index (χ4n) is 2.72. The van der Waals surface area contributed by atoms with Gasteiger partial charge in [0.25, 0.3) is 0 Å². The summed E-state index contributed by atoms with van der Waals surface area (Å²) in [7, 11) is 0. The predicted molar refractivity (Wildman–Crippen MR) is 83.9 cm³/mol. The molecule has 1 heterocycles. The number of nitrogens with one attached hydrogen (secondary N) is 1. The van der Waals surface area contributed by atoms with Crippen molar-refractivity contribution in [2.24, 2.45) is 0 Å². The van der Waals surface area contributed by atoms with Gasteiger partial charge in [0.2, 0.25) is 0 Å². The molecule has 112 valence electrons. The summed E-state index contributed by atoms with van der Waals surface area (Å²) in [5.41, 5.74) is 2.91. The molecule has 1 unspecified atom stereocenters. The minimum atomic E-state index is 0.207. The monoisotopic (exact) mass is 276 g/mol. The van der Waals surface area contributed by atoms with Gasteiger partial charge in [-0.05, 0) is 29.5 Å². The van der Waals surface area contributed by atoms with Crippen molar-refractivity contribution in [2.45, 2.75) is 45.2 Å². The van der Waals surface area contributed by atoms with E-state index in [1.165, 1.54) is 11.1 Å². The van der Waals surface area contributed by atoms with Crippen molar-refractivity contribution in [3.63, 3.8) is 0 Å². The summed E-state index contributed by atoms with van der Waals surface area (Å²) >= 11 is 0. The van der Waals surface area contributed by atoms with Crippen LogP contribution >= 0.6 is 0 Å². The summed E-state index contributed by atoms with van der Waals surface area (Å²) in [5.74, 6) is 0. The van der Waals surface area contributed by atoms with Crippen LogP contribution in [0.5, 0.6) is 0 Å². The molecular weight excluding hydrogens is 248 g/mol. The van der Waals surface area contributed by atoms with Crippen molar-refractivity contribution in [3.05, 3.63) is 35.4 Å². The zero-order valence-electron chi connectivity index (χ0n) is 13.0. The number of hydrogen-bond donors (Lipinski definition) is 2. The van der Waals surface area contributed by atoms with Gasteiger partial charge in [-0.2, -0.15) is 0 Å². The molecule has 3 heteroatoms. The maximum Gasteiger partial charge on any atom is 0.0599 e. The maximum absolute atomic E-state index is 9.53. The van der Waals surface area contributed by atoms with Crippen molar-refractivity contribution in [2.75, 3.05) is 26.2 Å². The minimum Gasteiger partial charge on any atom is -0.395 e. The van der Waals surface area contributed by atoms with Crippen LogP contribution in [0.3, 0.4) is 0 Å². The highest BCUT2D eigenvalue weighted by Gasteiger charge is 2.20. The van der Waals surface area contributed by atoms with Gasteiger partial charge in [0.15, 0.2) is 0 Å². The summed E-state index contributed by atoms with van der Waals surface area (Å²) in [6, 6.07) is 9.17. The normalized spacial score (nSPS) is 21.7. The van der Waals surface area contributed by atoms with E-state index in [9.17, 15) is 5.11 Å². The van der Waals surface area contributed by atoms with Gasteiger partial charge in [0.1, 0.15) is 0 Å². The third-order valence-electron chi connectivity index (χ3n) is 4.11. The molecular formula is C17H28N2O. The quantitative estimate of drug-likeness (QED) is 0.888. The first-order valence-corrected chi connectivity index (χ1v) is 7.66. The van der Waals surface area contributed by atoms with E-state index < -0.39 is 0 Å². The van der Waals surface area contributed by atoms with Gasteiger partial charge in [-0.3, -0.25) is 4.90 Å². The smallest absolute Gasteiger partial charge is 0.0599 e. The molecule has 3 nitrogen and oxygen atoms in total. The Balaban J connectivity index is 2.04. The molecule has 0 aliphatic carbocycles. The zero-order chi connectivity index (χ0) is 14.6. The molecule has 20 heavy (non-hydrogen) atoms. The van der Waals surface area contributed by atoms with Crippen LogP contribution in [-0.4, -0.2) is 42.3 Å². The van der Waals surface area contributed by atoms with E-state index in [2.05, 4.69) is 55.3 Å². The summed E-state index contributed by atoms with van der Waals surface area (Å²) in [5, 5.41) is 12.9. The van der Waals surface area contributed by atoms with E-state index in [1.807, 2.05) is 0 Å². The number of rotatable bonds is 3. The second-order valence-electron chi connectivity index (χ2n) is 6.81. The standard InChI is InChI=1S/C17H28N2O/c1-17(2,3)15-7-5-14(6-8-15)12-19-10-4-9-18-11-16(19)13-20/h5-8,16,18,20H,4,9-13H2,1-3H3. The lowest BCUT2D eigenvalue weighted by molar-refractivity contribution is 0.126. The van der Waals surface area contributed by atoms with Crippen LogP contribution < -0.4 is 5.32 Å². The fraction of sp³-hybridized carbons (Fsp3) is 0.647. The number of benzene rings is 1. The third-order valence-corrected chi connectivity index (χ3v) is 4.11. The van der Waals surface area contributed by atoms with Crippen molar-refractivity contribution >= 4 is 0 Å². The Morgan fingerprint density at radius 3 is 2.55 bits per heavy atom. The molecule has 1 atom stereocenters. The van der Waals surface area contributed by atoms with Crippen molar-refractivity contribution in [3.8, 4) is 0 Å². The molecule has 0 aromatic heterocycles. The Morgan fingerprint density at radius 1 is 1.25 bits per heavy atom.